The molecule has 1 aliphatic heterocycles. The second kappa shape index (κ2) is 6.56. The highest BCUT2D eigenvalue weighted by Gasteiger charge is 2.50. The number of aryl methyl sites for hydroxylation is 1. The summed E-state index contributed by atoms with van der Waals surface area (Å²) in [5.41, 5.74) is 2.25. The van der Waals surface area contributed by atoms with Crippen molar-refractivity contribution in [1.29, 1.82) is 0 Å². The average molecular weight is 359 g/mol. The molecule has 4 heteroatoms. The van der Waals surface area contributed by atoms with E-state index in [-0.39, 0.29) is 5.91 Å². The number of anilines is 1. The van der Waals surface area contributed by atoms with Crippen molar-refractivity contribution in [1.82, 2.24) is 0 Å². The molecule has 1 N–H and O–H groups in total. The molecule has 3 aromatic rings. The number of hydrogen-bond acceptors (Lipinski definition) is 3. The molecule has 136 valence electrons. The molecule has 1 amide bonds. The van der Waals surface area contributed by atoms with Crippen LogP contribution in [0.3, 0.4) is 0 Å². The van der Waals surface area contributed by atoms with Crippen LogP contribution >= 0.6 is 0 Å². The Morgan fingerprint density at radius 2 is 1.74 bits per heavy atom. The molecule has 0 fully saturated rings. The second-order valence-corrected chi connectivity index (χ2v) is 6.84. The fourth-order valence-corrected chi connectivity index (χ4v) is 3.65. The Labute approximate surface area is 158 Å². The Bertz CT molecular complexity index is 997. The van der Waals surface area contributed by atoms with E-state index in [1.54, 1.807) is 18.1 Å². The zero-order valence-electron chi connectivity index (χ0n) is 15.3. The standard InChI is InChI=1S/C23H21NO3/c1-16-6-5-7-18(14-16)23(26)20-8-3-4-9-21(20)24(22(23)25)15-17-10-12-19(27-2)13-11-17/h3-14,26H,15H2,1-2H3/t23-/m1/s1. The number of ether oxygens (including phenoxy) is 1. The van der Waals surface area contributed by atoms with Crippen LogP contribution in [-0.4, -0.2) is 18.1 Å². The maximum atomic E-state index is 13.4. The maximum absolute atomic E-state index is 13.4. The van der Waals surface area contributed by atoms with Crippen molar-refractivity contribution < 1.29 is 14.6 Å². The summed E-state index contributed by atoms with van der Waals surface area (Å²) < 4.78 is 5.20. The lowest BCUT2D eigenvalue weighted by molar-refractivity contribution is -0.132. The van der Waals surface area contributed by atoms with Crippen molar-refractivity contribution in [3.63, 3.8) is 0 Å². The van der Waals surface area contributed by atoms with Crippen LogP contribution in [0.15, 0.2) is 72.8 Å². The lowest BCUT2D eigenvalue weighted by Gasteiger charge is -2.24. The Hall–Kier alpha value is -3.11. The van der Waals surface area contributed by atoms with E-state index in [2.05, 4.69) is 0 Å². The summed E-state index contributed by atoms with van der Waals surface area (Å²) in [5, 5.41) is 11.5. The van der Waals surface area contributed by atoms with Gasteiger partial charge in [-0.25, -0.2) is 0 Å². The normalized spacial score (nSPS) is 18.5. The predicted molar refractivity (Wildman–Crippen MR) is 105 cm³/mol. The highest BCUT2D eigenvalue weighted by Crippen LogP contribution is 2.45. The Morgan fingerprint density at radius 1 is 1.00 bits per heavy atom. The van der Waals surface area contributed by atoms with Gasteiger partial charge in [-0.15, -0.1) is 0 Å². The van der Waals surface area contributed by atoms with Gasteiger partial charge in [-0.05, 0) is 36.2 Å². The zero-order chi connectivity index (χ0) is 19.0. The van der Waals surface area contributed by atoms with E-state index in [1.807, 2.05) is 73.7 Å². The number of fused-ring (bicyclic) bond motifs is 1. The molecule has 0 aliphatic carbocycles. The number of methoxy groups -OCH3 is 1. The van der Waals surface area contributed by atoms with E-state index in [4.69, 9.17) is 4.74 Å². The molecule has 0 saturated carbocycles. The molecule has 4 rings (SSSR count). The number of hydrogen-bond donors (Lipinski definition) is 1. The predicted octanol–water partition coefficient (Wildman–Crippen LogP) is 3.79. The molecule has 0 bridgehead atoms. The van der Waals surface area contributed by atoms with Gasteiger partial charge in [-0.1, -0.05) is 60.2 Å². The Kier molecular flexibility index (Phi) is 4.21. The smallest absolute Gasteiger partial charge is 0.268 e. The monoisotopic (exact) mass is 359 g/mol. The Balaban J connectivity index is 1.77. The van der Waals surface area contributed by atoms with Gasteiger partial charge in [0.2, 0.25) is 0 Å². The van der Waals surface area contributed by atoms with Gasteiger partial charge in [0.15, 0.2) is 5.60 Å². The molecular formula is C23H21NO3. The minimum atomic E-state index is -1.67. The van der Waals surface area contributed by atoms with Crippen LogP contribution in [0.25, 0.3) is 0 Å². The fourth-order valence-electron chi connectivity index (χ4n) is 3.65. The van der Waals surface area contributed by atoms with E-state index >= 15 is 0 Å². The molecule has 3 aromatic carbocycles. The largest absolute Gasteiger partial charge is 0.497 e. The van der Waals surface area contributed by atoms with Gasteiger partial charge in [0.25, 0.3) is 5.91 Å². The summed E-state index contributed by atoms with van der Waals surface area (Å²) in [6.45, 7) is 2.33. The summed E-state index contributed by atoms with van der Waals surface area (Å²) in [4.78, 5) is 15.0. The van der Waals surface area contributed by atoms with Gasteiger partial charge < -0.3 is 14.7 Å². The molecule has 1 atom stereocenters. The number of para-hydroxylation sites is 1. The molecule has 0 aromatic heterocycles. The average Bonchev–Trinajstić information content (AvgIpc) is 2.92. The van der Waals surface area contributed by atoms with Gasteiger partial charge in [0.05, 0.1) is 19.3 Å². The van der Waals surface area contributed by atoms with E-state index < -0.39 is 5.60 Å². The zero-order valence-corrected chi connectivity index (χ0v) is 15.3. The summed E-state index contributed by atoms with van der Waals surface area (Å²) in [6.07, 6.45) is 0. The molecular weight excluding hydrogens is 338 g/mol. The van der Waals surface area contributed by atoms with Gasteiger partial charge in [0, 0.05) is 5.56 Å². The summed E-state index contributed by atoms with van der Waals surface area (Å²) in [7, 11) is 1.62. The van der Waals surface area contributed by atoms with E-state index in [0.717, 1.165) is 22.6 Å². The van der Waals surface area contributed by atoms with Crippen molar-refractivity contribution >= 4 is 11.6 Å². The maximum Gasteiger partial charge on any atom is 0.268 e. The van der Waals surface area contributed by atoms with E-state index in [9.17, 15) is 9.90 Å². The number of carbonyl (C=O) groups excluding carboxylic acids is 1. The van der Waals surface area contributed by atoms with Crippen LogP contribution in [0, 0.1) is 6.92 Å². The van der Waals surface area contributed by atoms with Crippen molar-refractivity contribution in [2.75, 3.05) is 12.0 Å². The SMILES string of the molecule is COc1ccc(CN2C(=O)[C@@](O)(c3cccc(C)c3)c3ccccc32)cc1. The lowest BCUT2D eigenvalue weighted by atomic mass is 9.87. The van der Waals surface area contributed by atoms with Gasteiger partial charge in [-0.2, -0.15) is 0 Å². The van der Waals surface area contributed by atoms with Crippen LogP contribution in [0.4, 0.5) is 5.69 Å². The highest BCUT2D eigenvalue weighted by atomic mass is 16.5. The summed E-state index contributed by atoms with van der Waals surface area (Å²) >= 11 is 0. The first-order valence-corrected chi connectivity index (χ1v) is 8.88. The molecule has 1 heterocycles. The summed E-state index contributed by atoms with van der Waals surface area (Å²) in [5.74, 6) is 0.438. The number of nitrogens with zero attached hydrogens (tertiary/aromatic N) is 1. The minimum absolute atomic E-state index is 0.329. The number of aliphatic hydroxyl groups is 1. The molecule has 0 saturated heterocycles. The van der Waals surface area contributed by atoms with Crippen molar-refractivity contribution in [2.45, 2.75) is 19.1 Å². The van der Waals surface area contributed by atoms with Crippen LogP contribution in [0.1, 0.15) is 22.3 Å². The first-order valence-electron chi connectivity index (χ1n) is 8.88. The first kappa shape index (κ1) is 17.3. The molecule has 0 radical (unpaired) electrons. The van der Waals surface area contributed by atoms with Crippen molar-refractivity contribution in [2.24, 2.45) is 0 Å². The quantitative estimate of drug-likeness (QED) is 0.771. The number of benzene rings is 3. The van der Waals surface area contributed by atoms with E-state index in [1.165, 1.54) is 0 Å². The third-order valence-electron chi connectivity index (χ3n) is 5.07. The van der Waals surface area contributed by atoms with Crippen LogP contribution in [-0.2, 0) is 16.9 Å². The number of rotatable bonds is 4. The molecule has 0 spiro atoms. The van der Waals surface area contributed by atoms with Crippen molar-refractivity contribution in [3.05, 3.63) is 95.1 Å². The molecule has 0 unspecified atom stereocenters. The fraction of sp³-hybridized carbons (Fsp3) is 0.174. The van der Waals surface area contributed by atoms with Crippen LogP contribution in [0.5, 0.6) is 5.75 Å². The second-order valence-electron chi connectivity index (χ2n) is 6.84. The van der Waals surface area contributed by atoms with Gasteiger partial charge in [0.1, 0.15) is 5.75 Å². The van der Waals surface area contributed by atoms with Crippen molar-refractivity contribution in [3.8, 4) is 5.75 Å². The first-order chi connectivity index (χ1) is 13.0. The van der Waals surface area contributed by atoms with Gasteiger partial charge >= 0.3 is 0 Å². The number of amides is 1. The van der Waals surface area contributed by atoms with E-state index in [0.29, 0.717) is 17.7 Å². The van der Waals surface area contributed by atoms with Crippen LogP contribution < -0.4 is 9.64 Å². The third-order valence-corrected chi connectivity index (χ3v) is 5.07. The molecule has 1 aliphatic rings. The summed E-state index contributed by atoms with van der Waals surface area (Å²) in [6, 6.07) is 22.5. The lowest BCUT2D eigenvalue weighted by Crippen LogP contribution is -2.40. The Morgan fingerprint density at radius 3 is 2.44 bits per heavy atom. The number of carbonyl (C=O) groups is 1. The third kappa shape index (κ3) is 2.78. The minimum Gasteiger partial charge on any atom is -0.497 e. The van der Waals surface area contributed by atoms with Gasteiger partial charge in [-0.3, -0.25) is 4.79 Å². The molecule has 4 nitrogen and oxygen atoms in total. The topological polar surface area (TPSA) is 49.8 Å². The van der Waals surface area contributed by atoms with Crippen LogP contribution in [0.2, 0.25) is 0 Å². The highest BCUT2D eigenvalue weighted by molar-refractivity contribution is 6.09. The molecule has 27 heavy (non-hydrogen) atoms.